The highest BCUT2D eigenvalue weighted by atomic mass is 32.2. The van der Waals surface area contributed by atoms with Gasteiger partial charge in [-0.1, -0.05) is 6.07 Å². The van der Waals surface area contributed by atoms with Gasteiger partial charge >= 0.3 is 0 Å². The summed E-state index contributed by atoms with van der Waals surface area (Å²) in [6.45, 7) is 1.27. The highest BCUT2D eigenvalue weighted by molar-refractivity contribution is 7.90. The van der Waals surface area contributed by atoms with Crippen molar-refractivity contribution in [2.45, 2.75) is 42.7 Å². The van der Waals surface area contributed by atoms with Gasteiger partial charge in [-0.15, -0.1) is 0 Å². The first-order valence-electron chi connectivity index (χ1n) is 12.7. The number of hydrogen-bond donors (Lipinski definition) is 1. The van der Waals surface area contributed by atoms with Gasteiger partial charge < -0.3 is 19.4 Å². The Bertz CT molecular complexity index is 1580. The van der Waals surface area contributed by atoms with Crippen LogP contribution in [0.4, 0.5) is 0 Å². The van der Waals surface area contributed by atoms with E-state index in [1.165, 1.54) is 18.4 Å². The number of sulfone groups is 1. The van der Waals surface area contributed by atoms with Crippen molar-refractivity contribution in [2.24, 2.45) is 0 Å². The van der Waals surface area contributed by atoms with Gasteiger partial charge in [-0.25, -0.2) is 13.4 Å². The van der Waals surface area contributed by atoms with E-state index in [1.807, 2.05) is 35.2 Å². The molecular weight excluding hydrogens is 504 g/mol. The number of pyridine rings is 1. The average Bonchev–Trinajstić information content (AvgIpc) is 3.69. The number of carbonyl (C=O) groups is 1. The van der Waals surface area contributed by atoms with Gasteiger partial charge in [0.2, 0.25) is 0 Å². The molecule has 2 fully saturated rings. The SMILES string of the molecule is CS(=O)(=O)c1ccc(Oc2cc3nc(-c4ccccn4)[nH]c3cc2C2CCCN2C(=O)C2CCCO2)cc1. The number of H-pyrrole nitrogens is 1. The number of aromatic nitrogens is 3. The fourth-order valence-corrected chi connectivity index (χ4v) is 5.85. The Hall–Kier alpha value is -3.76. The van der Waals surface area contributed by atoms with Crippen LogP contribution in [0, 0.1) is 0 Å². The molecule has 0 radical (unpaired) electrons. The molecule has 2 saturated heterocycles. The minimum Gasteiger partial charge on any atom is -0.457 e. The van der Waals surface area contributed by atoms with E-state index in [0.717, 1.165) is 42.5 Å². The average molecular weight is 533 g/mol. The molecule has 0 aliphatic carbocycles. The summed E-state index contributed by atoms with van der Waals surface area (Å²) in [6.07, 6.45) is 5.81. The van der Waals surface area contributed by atoms with Crippen LogP contribution in [-0.4, -0.2) is 59.7 Å². The lowest BCUT2D eigenvalue weighted by atomic mass is 10.0. The van der Waals surface area contributed by atoms with E-state index < -0.39 is 15.9 Å². The Kier molecular flexibility index (Phi) is 6.37. The number of nitrogens with one attached hydrogen (secondary N) is 1. The van der Waals surface area contributed by atoms with Gasteiger partial charge in [-0.3, -0.25) is 9.78 Å². The molecule has 0 spiro atoms. The molecule has 0 bridgehead atoms. The van der Waals surface area contributed by atoms with Gasteiger partial charge in [-0.2, -0.15) is 0 Å². The number of benzene rings is 2. The third kappa shape index (κ3) is 4.77. The molecule has 38 heavy (non-hydrogen) atoms. The third-order valence-electron chi connectivity index (χ3n) is 7.10. The van der Waals surface area contributed by atoms with E-state index in [-0.39, 0.29) is 16.8 Å². The van der Waals surface area contributed by atoms with Crippen LogP contribution in [0.5, 0.6) is 11.5 Å². The summed E-state index contributed by atoms with van der Waals surface area (Å²) in [4.78, 5) is 28.0. The summed E-state index contributed by atoms with van der Waals surface area (Å²) in [5.74, 6) is 1.72. The Morgan fingerprint density at radius 2 is 1.95 bits per heavy atom. The van der Waals surface area contributed by atoms with Crippen LogP contribution < -0.4 is 4.74 Å². The number of likely N-dealkylation sites (tertiary alicyclic amines) is 1. The maximum Gasteiger partial charge on any atom is 0.252 e. The van der Waals surface area contributed by atoms with Crippen molar-refractivity contribution in [2.75, 3.05) is 19.4 Å². The highest BCUT2D eigenvalue weighted by Gasteiger charge is 2.37. The molecule has 2 unspecified atom stereocenters. The van der Waals surface area contributed by atoms with Crippen molar-refractivity contribution in [3.63, 3.8) is 0 Å². The number of aromatic amines is 1. The summed E-state index contributed by atoms with van der Waals surface area (Å²) in [5, 5.41) is 0. The first-order chi connectivity index (χ1) is 18.4. The number of ether oxygens (including phenoxy) is 2. The maximum absolute atomic E-state index is 13.4. The normalized spacial score (nSPS) is 19.8. The summed E-state index contributed by atoms with van der Waals surface area (Å²) < 4.78 is 35.8. The molecule has 10 heteroatoms. The smallest absolute Gasteiger partial charge is 0.252 e. The van der Waals surface area contributed by atoms with Crippen LogP contribution in [-0.2, 0) is 19.4 Å². The zero-order chi connectivity index (χ0) is 26.3. The summed E-state index contributed by atoms with van der Waals surface area (Å²) >= 11 is 0. The number of fused-ring (bicyclic) bond motifs is 1. The number of rotatable bonds is 6. The number of imidazole rings is 1. The monoisotopic (exact) mass is 532 g/mol. The lowest BCUT2D eigenvalue weighted by Gasteiger charge is -2.28. The van der Waals surface area contributed by atoms with Gasteiger partial charge in [0.1, 0.15) is 23.3 Å². The summed E-state index contributed by atoms with van der Waals surface area (Å²) in [6, 6.07) is 15.7. The van der Waals surface area contributed by atoms with Gasteiger partial charge in [-0.05, 0) is 68.1 Å². The Balaban J connectivity index is 1.41. The van der Waals surface area contributed by atoms with Gasteiger partial charge in [0.05, 0.1) is 22.0 Å². The second kappa shape index (κ2) is 9.85. The molecule has 2 aromatic carbocycles. The van der Waals surface area contributed by atoms with Crippen molar-refractivity contribution in [3.8, 4) is 23.0 Å². The zero-order valence-electron chi connectivity index (χ0n) is 21.0. The van der Waals surface area contributed by atoms with E-state index in [9.17, 15) is 13.2 Å². The predicted molar refractivity (Wildman–Crippen MR) is 142 cm³/mol. The number of hydrogen-bond acceptors (Lipinski definition) is 7. The number of amides is 1. The Morgan fingerprint density at radius 3 is 2.66 bits per heavy atom. The molecule has 6 rings (SSSR count). The van der Waals surface area contributed by atoms with Gasteiger partial charge in [0.15, 0.2) is 15.7 Å². The summed E-state index contributed by atoms with van der Waals surface area (Å²) in [5.41, 5.74) is 3.11. The minimum atomic E-state index is -3.32. The quantitative estimate of drug-likeness (QED) is 0.384. The zero-order valence-corrected chi connectivity index (χ0v) is 21.8. The molecule has 2 atom stereocenters. The van der Waals surface area contributed by atoms with E-state index in [1.54, 1.807) is 18.3 Å². The molecular formula is C28H28N4O5S. The van der Waals surface area contributed by atoms with Crippen LogP contribution in [0.25, 0.3) is 22.6 Å². The standard InChI is InChI=1S/C28H28N4O5S/c1-38(34,35)19-11-9-18(10-12-19)37-26-17-23-22(30-27(31-23)21-6-2-3-13-29-21)16-20(26)24-7-4-14-32(24)28(33)25-8-5-15-36-25/h2-3,6,9-13,16-17,24-25H,4-5,7-8,14-15H2,1H3,(H,30,31). The molecule has 2 aliphatic rings. The van der Waals surface area contributed by atoms with Crippen molar-refractivity contribution in [1.29, 1.82) is 0 Å². The third-order valence-corrected chi connectivity index (χ3v) is 8.23. The maximum atomic E-state index is 13.4. The lowest BCUT2D eigenvalue weighted by Crippen LogP contribution is -2.38. The molecule has 0 saturated carbocycles. The summed E-state index contributed by atoms with van der Waals surface area (Å²) in [7, 11) is -3.32. The second-order valence-corrected chi connectivity index (χ2v) is 11.8. The van der Waals surface area contributed by atoms with Crippen molar-refractivity contribution in [1.82, 2.24) is 19.9 Å². The van der Waals surface area contributed by atoms with E-state index >= 15 is 0 Å². The van der Waals surface area contributed by atoms with Crippen molar-refractivity contribution < 1.29 is 22.7 Å². The Morgan fingerprint density at radius 1 is 1.11 bits per heavy atom. The lowest BCUT2D eigenvalue weighted by molar-refractivity contribution is -0.141. The van der Waals surface area contributed by atoms with E-state index in [0.29, 0.717) is 36.0 Å². The van der Waals surface area contributed by atoms with E-state index in [2.05, 4.69) is 9.97 Å². The van der Waals surface area contributed by atoms with Crippen LogP contribution in [0.15, 0.2) is 65.7 Å². The van der Waals surface area contributed by atoms with Crippen LogP contribution in [0.1, 0.15) is 37.3 Å². The van der Waals surface area contributed by atoms with Gasteiger partial charge in [0.25, 0.3) is 5.91 Å². The first-order valence-corrected chi connectivity index (χ1v) is 14.6. The first kappa shape index (κ1) is 24.6. The topological polar surface area (TPSA) is 114 Å². The molecule has 4 aromatic rings. The number of carbonyl (C=O) groups excluding carboxylic acids is 1. The molecule has 9 nitrogen and oxygen atoms in total. The second-order valence-electron chi connectivity index (χ2n) is 9.74. The Labute approximate surface area is 220 Å². The number of nitrogens with zero attached hydrogens (tertiary/aromatic N) is 3. The molecule has 2 aliphatic heterocycles. The molecule has 196 valence electrons. The molecule has 1 N–H and O–H groups in total. The van der Waals surface area contributed by atoms with Gasteiger partial charge in [0, 0.05) is 37.2 Å². The van der Waals surface area contributed by atoms with Crippen LogP contribution >= 0.6 is 0 Å². The fourth-order valence-electron chi connectivity index (χ4n) is 5.22. The highest BCUT2D eigenvalue weighted by Crippen LogP contribution is 2.41. The largest absolute Gasteiger partial charge is 0.457 e. The molecule has 2 aromatic heterocycles. The van der Waals surface area contributed by atoms with Crippen LogP contribution in [0.2, 0.25) is 0 Å². The molecule has 4 heterocycles. The fraction of sp³-hybridized carbons (Fsp3) is 0.321. The van der Waals surface area contributed by atoms with Crippen LogP contribution in [0.3, 0.4) is 0 Å². The molecule has 1 amide bonds. The van der Waals surface area contributed by atoms with Crippen molar-refractivity contribution >= 4 is 26.8 Å². The van der Waals surface area contributed by atoms with E-state index in [4.69, 9.17) is 14.5 Å². The minimum absolute atomic E-state index is 0.0207. The van der Waals surface area contributed by atoms with Crippen molar-refractivity contribution in [3.05, 3.63) is 66.4 Å². The predicted octanol–water partition coefficient (Wildman–Crippen LogP) is 4.66.